The summed E-state index contributed by atoms with van der Waals surface area (Å²) in [6.45, 7) is 6.35. The number of nitrogens with two attached hydrogens (primary N) is 1. The lowest BCUT2D eigenvalue weighted by molar-refractivity contribution is 0.459. The zero-order valence-electron chi connectivity index (χ0n) is 9.62. The summed E-state index contributed by atoms with van der Waals surface area (Å²) in [5.41, 5.74) is 8.35. The van der Waals surface area contributed by atoms with E-state index in [4.69, 9.17) is 5.73 Å². The molecule has 3 heteroatoms. The quantitative estimate of drug-likeness (QED) is 0.793. The van der Waals surface area contributed by atoms with Crippen LogP contribution in [0.5, 0.6) is 0 Å². The van der Waals surface area contributed by atoms with Crippen LogP contribution < -0.4 is 5.73 Å². The van der Waals surface area contributed by atoms with Gasteiger partial charge >= 0.3 is 0 Å². The Bertz CT molecular complexity index is 289. The fourth-order valence-corrected chi connectivity index (χ4v) is 1.55. The molecule has 0 aliphatic rings. The molecule has 1 aromatic heterocycles. The lowest BCUT2D eigenvalue weighted by atomic mass is 9.99. The molecular formula is C11H21N3. The third-order valence-corrected chi connectivity index (χ3v) is 2.69. The summed E-state index contributed by atoms with van der Waals surface area (Å²) in [4.78, 5) is 0. The summed E-state index contributed by atoms with van der Waals surface area (Å²) in [7, 11) is 1.99. The van der Waals surface area contributed by atoms with Crippen LogP contribution in [-0.4, -0.2) is 15.8 Å². The van der Waals surface area contributed by atoms with E-state index in [1.165, 1.54) is 5.69 Å². The molecule has 0 bridgehead atoms. The molecule has 80 valence electrons. The molecule has 1 rings (SSSR count). The van der Waals surface area contributed by atoms with Crippen LogP contribution in [0, 0.1) is 12.8 Å². The van der Waals surface area contributed by atoms with Gasteiger partial charge in [0.05, 0.1) is 5.69 Å². The van der Waals surface area contributed by atoms with Crippen molar-refractivity contribution in [3.63, 3.8) is 0 Å². The highest BCUT2D eigenvalue weighted by molar-refractivity contribution is 5.08. The van der Waals surface area contributed by atoms with E-state index >= 15 is 0 Å². The minimum atomic E-state index is 0.296. The minimum Gasteiger partial charge on any atom is -0.327 e. The number of aryl methyl sites for hydroxylation is 3. The molecule has 0 amide bonds. The first-order valence-corrected chi connectivity index (χ1v) is 5.25. The first-order valence-electron chi connectivity index (χ1n) is 5.25. The van der Waals surface area contributed by atoms with Gasteiger partial charge in [0, 0.05) is 18.8 Å². The van der Waals surface area contributed by atoms with Crippen LogP contribution in [0.25, 0.3) is 0 Å². The number of rotatable bonds is 4. The molecule has 0 radical (unpaired) electrons. The van der Waals surface area contributed by atoms with Gasteiger partial charge < -0.3 is 5.73 Å². The van der Waals surface area contributed by atoms with Crippen molar-refractivity contribution in [1.29, 1.82) is 0 Å². The Kier molecular flexibility index (Phi) is 3.69. The molecule has 1 aromatic rings. The molecular weight excluding hydrogens is 174 g/mol. The molecule has 14 heavy (non-hydrogen) atoms. The van der Waals surface area contributed by atoms with Gasteiger partial charge in [-0.2, -0.15) is 5.10 Å². The Labute approximate surface area is 86.3 Å². The van der Waals surface area contributed by atoms with Gasteiger partial charge in [-0.05, 0) is 31.7 Å². The van der Waals surface area contributed by atoms with Crippen LogP contribution in [-0.2, 0) is 13.5 Å². The predicted molar refractivity (Wildman–Crippen MR) is 59.1 cm³/mol. The molecule has 0 saturated heterocycles. The Balaban J connectivity index is 2.49. The maximum Gasteiger partial charge on any atom is 0.0596 e. The standard InChI is InChI=1S/C11H21N3/c1-8(2)11(12)6-5-10-7-9(3)13-14(10)4/h7-8,11H,5-6,12H2,1-4H3. The molecule has 0 aliphatic heterocycles. The zero-order chi connectivity index (χ0) is 10.7. The Morgan fingerprint density at radius 1 is 1.50 bits per heavy atom. The lowest BCUT2D eigenvalue weighted by Crippen LogP contribution is -2.27. The van der Waals surface area contributed by atoms with E-state index < -0.39 is 0 Å². The normalized spacial score (nSPS) is 13.6. The second-order valence-corrected chi connectivity index (χ2v) is 4.35. The summed E-state index contributed by atoms with van der Waals surface area (Å²) in [5.74, 6) is 0.560. The zero-order valence-corrected chi connectivity index (χ0v) is 9.62. The average Bonchev–Trinajstić information content (AvgIpc) is 2.40. The van der Waals surface area contributed by atoms with Gasteiger partial charge in [0.2, 0.25) is 0 Å². The van der Waals surface area contributed by atoms with Crippen molar-refractivity contribution in [2.24, 2.45) is 18.7 Å². The maximum absolute atomic E-state index is 5.99. The van der Waals surface area contributed by atoms with Gasteiger partial charge in [-0.1, -0.05) is 13.8 Å². The largest absolute Gasteiger partial charge is 0.327 e. The Morgan fingerprint density at radius 3 is 2.57 bits per heavy atom. The number of hydrogen-bond donors (Lipinski definition) is 1. The molecule has 0 aromatic carbocycles. The number of hydrogen-bond acceptors (Lipinski definition) is 2. The number of nitrogens with zero attached hydrogens (tertiary/aromatic N) is 2. The monoisotopic (exact) mass is 195 g/mol. The molecule has 0 aliphatic carbocycles. The van der Waals surface area contributed by atoms with Crippen LogP contribution >= 0.6 is 0 Å². The highest BCUT2D eigenvalue weighted by atomic mass is 15.3. The molecule has 0 spiro atoms. The van der Waals surface area contributed by atoms with Crippen molar-refractivity contribution in [2.75, 3.05) is 0 Å². The van der Waals surface area contributed by atoms with E-state index in [1.807, 2.05) is 18.7 Å². The number of aromatic nitrogens is 2. The third kappa shape index (κ3) is 2.84. The van der Waals surface area contributed by atoms with E-state index in [2.05, 4.69) is 25.0 Å². The second kappa shape index (κ2) is 4.60. The van der Waals surface area contributed by atoms with Gasteiger partial charge in [0.15, 0.2) is 0 Å². The molecule has 0 fully saturated rings. The van der Waals surface area contributed by atoms with Gasteiger partial charge in [0.1, 0.15) is 0 Å². The molecule has 0 saturated carbocycles. The highest BCUT2D eigenvalue weighted by Gasteiger charge is 2.09. The first kappa shape index (κ1) is 11.2. The second-order valence-electron chi connectivity index (χ2n) is 4.35. The summed E-state index contributed by atoms with van der Waals surface area (Å²) in [6.07, 6.45) is 2.06. The maximum atomic E-state index is 5.99. The Morgan fingerprint density at radius 2 is 2.14 bits per heavy atom. The highest BCUT2D eigenvalue weighted by Crippen LogP contribution is 2.09. The van der Waals surface area contributed by atoms with Crippen LogP contribution in [0.15, 0.2) is 6.07 Å². The van der Waals surface area contributed by atoms with Crippen molar-refractivity contribution in [3.8, 4) is 0 Å². The molecule has 1 heterocycles. The van der Waals surface area contributed by atoms with E-state index in [0.29, 0.717) is 12.0 Å². The van der Waals surface area contributed by atoms with Crippen molar-refractivity contribution in [2.45, 2.75) is 39.7 Å². The minimum absolute atomic E-state index is 0.296. The molecule has 1 unspecified atom stereocenters. The van der Waals surface area contributed by atoms with Gasteiger partial charge in [0.25, 0.3) is 0 Å². The van der Waals surface area contributed by atoms with E-state index in [0.717, 1.165) is 18.5 Å². The van der Waals surface area contributed by atoms with Crippen molar-refractivity contribution >= 4 is 0 Å². The van der Waals surface area contributed by atoms with Crippen LogP contribution in [0.2, 0.25) is 0 Å². The van der Waals surface area contributed by atoms with Gasteiger partial charge in [-0.25, -0.2) is 0 Å². The van der Waals surface area contributed by atoms with Crippen molar-refractivity contribution in [3.05, 3.63) is 17.5 Å². The van der Waals surface area contributed by atoms with E-state index in [9.17, 15) is 0 Å². The van der Waals surface area contributed by atoms with Crippen molar-refractivity contribution < 1.29 is 0 Å². The molecule has 3 nitrogen and oxygen atoms in total. The van der Waals surface area contributed by atoms with Gasteiger partial charge in [-0.3, -0.25) is 4.68 Å². The third-order valence-electron chi connectivity index (χ3n) is 2.69. The summed E-state index contributed by atoms with van der Waals surface area (Å²) in [5, 5.41) is 4.31. The Hall–Kier alpha value is -0.830. The van der Waals surface area contributed by atoms with Gasteiger partial charge in [-0.15, -0.1) is 0 Å². The average molecular weight is 195 g/mol. The van der Waals surface area contributed by atoms with E-state index in [-0.39, 0.29) is 0 Å². The fourth-order valence-electron chi connectivity index (χ4n) is 1.55. The first-order chi connectivity index (χ1) is 6.50. The van der Waals surface area contributed by atoms with Crippen molar-refractivity contribution in [1.82, 2.24) is 9.78 Å². The predicted octanol–water partition coefficient (Wildman–Crippen LogP) is 1.64. The van der Waals surface area contributed by atoms with Crippen LogP contribution in [0.4, 0.5) is 0 Å². The summed E-state index contributed by atoms with van der Waals surface area (Å²) in [6, 6.07) is 2.43. The van der Waals surface area contributed by atoms with Crippen LogP contribution in [0.3, 0.4) is 0 Å². The summed E-state index contributed by atoms with van der Waals surface area (Å²) >= 11 is 0. The smallest absolute Gasteiger partial charge is 0.0596 e. The SMILES string of the molecule is Cc1cc(CCC(N)C(C)C)n(C)n1. The summed E-state index contributed by atoms with van der Waals surface area (Å²) < 4.78 is 1.95. The molecule has 1 atom stereocenters. The van der Waals surface area contributed by atoms with Crippen LogP contribution in [0.1, 0.15) is 31.7 Å². The lowest BCUT2D eigenvalue weighted by Gasteiger charge is -2.14. The van der Waals surface area contributed by atoms with E-state index in [1.54, 1.807) is 0 Å². The topological polar surface area (TPSA) is 43.8 Å². The fraction of sp³-hybridized carbons (Fsp3) is 0.727. The molecule has 2 N–H and O–H groups in total.